The molecule has 0 aliphatic heterocycles. The lowest BCUT2D eigenvalue weighted by atomic mass is 10.1. The highest BCUT2D eigenvalue weighted by atomic mass is 79.9. The molecule has 2 amide bonds. The molecule has 0 radical (unpaired) electrons. The summed E-state index contributed by atoms with van der Waals surface area (Å²) in [5.41, 5.74) is 1.84. The van der Waals surface area contributed by atoms with Crippen molar-refractivity contribution in [1.82, 2.24) is 5.32 Å². The van der Waals surface area contributed by atoms with Gasteiger partial charge in [0, 0.05) is 4.47 Å². The molecule has 3 aromatic carbocycles. The third kappa shape index (κ3) is 5.93. The summed E-state index contributed by atoms with van der Waals surface area (Å²) in [5.74, 6) is -0.0126. The molecule has 2 N–H and O–H groups in total. The largest absolute Gasteiger partial charge is 0.484 e. The van der Waals surface area contributed by atoms with Crippen LogP contribution in [0.1, 0.15) is 28.9 Å². The molecule has 1 unspecified atom stereocenters. The SMILES string of the molecule is CC(NC(=O)c1ccccc1NC(=O)COc1ccc(Br)cc1)c1ccccc1. The van der Waals surface area contributed by atoms with E-state index >= 15 is 0 Å². The lowest BCUT2D eigenvalue weighted by molar-refractivity contribution is -0.118. The van der Waals surface area contributed by atoms with E-state index in [9.17, 15) is 9.59 Å². The Morgan fingerprint density at radius 3 is 2.31 bits per heavy atom. The number of carbonyl (C=O) groups excluding carboxylic acids is 2. The Bertz CT molecular complexity index is 975. The predicted octanol–water partition coefficient (Wildman–Crippen LogP) is 4.96. The van der Waals surface area contributed by atoms with Crippen LogP contribution in [-0.2, 0) is 4.79 Å². The number of benzene rings is 3. The molecule has 0 aromatic heterocycles. The van der Waals surface area contributed by atoms with Crippen LogP contribution in [0.5, 0.6) is 5.75 Å². The first-order chi connectivity index (χ1) is 14.0. The molecule has 0 aliphatic rings. The highest BCUT2D eigenvalue weighted by Crippen LogP contribution is 2.19. The summed E-state index contributed by atoms with van der Waals surface area (Å²) in [4.78, 5) is 25.0. The molecule has 0 spiro atoms. The second kappa shape index (κ2) is 9.89. The van der Waals surface area contributed by atoms with Crippen molar-refractivity contribution in [3.8, 4) is 5.75 Å². The van der Waals surface area contributed by atoms with Crippen molar-refractivity contribution in [1.29, 1.82) is 0 Å². The van der Waals surface area contributed by atoms with Crippen LogP contribution in [0, 0.1) is 0 Å². The molecule has 29 heavy (non-hydrogen) atoms. The van der Waals surface area contributed by atoms with Crippen LogP contribution in [0.3, 0.4) is 0 Å². The Balaban J connectivity index is 1.62. The smallest absolute Gasteiger partial charge is 0.262 e. The Hall–Kier alpha value is -3.12. The van der Waals surface area contributed by atoms with Gasteiger partial charge in [0.2, 0.25) is 0 Å². The summed E-state index contributed by atoms with van der Waals surface area (Å²) in [6.07, 6.45) is 0. The van der Waals surface area contributed by atoms with Gasteiger partial charge in [0.1, 0.15) is 5.75 Å². The van der Waals surface area contributed by atoms with E-state index in [4.69, 9.17) is 4.74 Å². The van der Waals surface area contributed by atoms with E-state index in [1.807, 2.05) is 49.4 Å². The van der Waals surface area contributed by atoms with Gasteiger partial charge < -0.3 is 15.4 Å². The molecule has 0 heterocycles. The molecule has 0 saturated heterocycles. The highest BCUT2D eigenvalue weighted by molar-refractivity contribution is 9.10. The summed E-state index contributed by atoms with van der Waals surface area (Å²) in [6.45, 7) is 1.76. The molecule has 3 rings (SSSR count). The van der Waals surface area contributed by atoms with Crippen LogP contribution in [0.25, 0.3) is 0 Å². The van der Waals surface area contributed by atoms with Crippen molar-refractivity contribution < 1.29 is 14.3 Å². The Morgan fingerprint density at radius 1 is 0.931 bits per heavy atom. The minimum absolute atomic E-state index is 0.155. The number of halogens is 1. The lowest BCUT2D eigenvalue weighted by Gasteiger charge is -2.16. The van der Waals surface area contributed by atoms with Crippen LogP contribution in [-0.4, -0.2) is 18.4 Å². The number of hydrogen-bond acceptors (Lipinski definition) is 3. The average Bonchev–Trinajstić information content (AvgIpc) is 2.74. The van der Waals surface area contributed by atoms with Gasteiger partial charge >= 0.3 is 0 Å². The molecule has 6 heteroatoms. The van der Waals surface area contributed by atoms with Crippen LogP contribution in [0.4, 0.5) is 5.69 Å². The van der Waals surface area contributed by atoms with Crippen LogP contribution >= 0.6 is 15.9 Å². The van der Waals surface area contributed by atoms with Crippen LogP contribution < -0.4 is 15.4 Å². The summed E-state index contributed by atoms with van der Waals surface area (Å²) in [7, 11) is 0. The Morgan fingerprint density at radius 2 is 1.59 bits per heavy atom. The van der Waals surface area contributed by atoms with Gasteiger partial charge in [-0.25, -0.2) is 0 Å². The Labute approximate surface area is 178 Å². The first-order valence-corrected chi connectivity index (χ1v) is 9.95. The van der Waals surface area contributed by atoms with E-state index in [0.717, 1.165) is 10.0 Å². The monoisotopic (exact) mass is 452 g/mol. The number of hydrogen-bond donors (Lipinski definition) is 2. The fourth-order valence-corrected chi connectivity index (χ4v) is 3.02. The first kappa shape index (κ1) is 20.6. The maximum absolute atomic E-state index is 12.7. The van der Waals surface area contributed by atoms with Crippen molar-refractivity contribution in [3.05, 3.63) is 94.5 Å². The number of rotatable bonds is 7. The van der Waals surface area contributed by atoms with Gasteiger partial charge in [0.25, 0.3) is 11.8 Å². The van der Waals surface area contributed by atoms with E-state index < -0.39 is 0 Å². The minimum Gasteiger partial charge on any atom is -0.484 e. The third-order valence-corrected chi connectivity index (χ3v) is 4.81. The van der Waals surface area contributed by atoms with Gasteiger partial charge in [0.05, 0.1) is 17.3 Å². The fraction of sp³-hybridized carbons (Fsp3) is 0.130. The zero-order chi connectivity index (χ0) is 20.6. The second-order valence-electron chi connectivity index (χ2n) is 6.44. The highest BCUT2D eigenvalue weighted by Gasteiger charge is 2.16. The number of anilines is 1. The van der Waals surface area contributed by atoms with Gasteiger partial charge in [-0.05, 0) is 48.9 Å². The second-order valence-corrected chi connectivity index (χ2v) is 7.36. The van der Waals surface area contributed by atoms with Gasteiger partial charge in [-0.1, -0.05) is 58.4 Å². The number of amides is 2. The van der Waals surface area contributed by atoms with Crippen molar-refractivity contribution in [2.75, 3.05) is 11.9 Å². The lowest BCUT2D eigenvalue weighted by Crippen LogP contribution is -2.28. The molecule has 0 fully saturated rings. The maximum Gasteiger partial charge on any atom is 0.262 e. The molecule has 5 nitrogen and oxygen atoms in total. The van der Waals surface area contributed by atoms with Gasteiger partial charge in [0.15, 0.2) is 6.61 Å². The van der Waals surface area contributed by atoms with Gasteiger partial charge in [-0.15, -0.1) is 0 Å². The number of para-hydroxylation sites is 1. The summed E-state index contributed by atoms with van der Waals surface area (Å²) < 4.78 is 6.41. The van der Waals surface area contributed by atoms with Crippen LogP contribution in [0.2, 0.25) is 0 Å². The molecule has 0 saturated carbocycles. The summed E-state index contributed by atoms with van der Waals surface area (Å²) in [5, 5.41) is 5.72. The van der Waals surface area contributed by atoms with Crippen LogP contribution in [0.15, 0.2) is 83.3 Å². The zero-order valence-corrected chi connectivity index (χ0v) is 17.5. The average molecular weight is 453 g/mol. The maximum atomic E-state index is 12.7. The molecule has 0 aliphatic carbocycles. The summed E-state index contributed by atoms with van der Waals surface area (Å²) in [6, 6.07) is 23.6. The van der Waals surface area contributed by atoms with Crippen molar-refractivity contribution in [3.63, 3.8) is 0 Å². The van der Waals surface area contributed by atoms with Gasteiger partial charge in [-0.2, -0.15) is 0 Å². The van der Waals surface area contributed by atoms with Crippen molar-refractivity contribution in [2.45, 2.75) is 13.0 Å². The van der Waals surface area contributed by atoms with E-state index in [2.05, 4.69) is 26.6 Å². The number of ether oxygens (including phenoxy) is 1. The topological polar surface area (TPSA) is 67.4 Å². The van der Waals surface area contributed by atoms with E-state index in [-0.39, 0.29) is 24.5 Å². The summed E-state index contributed by atoms with van der Waals surface area (Å²) >= 11 is 3.35. The standard InChI is InChI=1S/C23H21BrN2O3/c1-16(17-7-3-2-4-8-17)25-23(28)20-9-5-6-10-21(20)26-22(27)15-29-19-13-11-18(24)12-14-19/h2-14,16H,15H2,1H3,(H,25,28)(H,26,27). The normalized spacial score (nSPS) is 11.4. The molecule has 1 atom stereocenters. The molecule has 0 bridgehead atoms. The van der Waals surface area contributed by atoms with Crippen molar-refractivity contribution in [2.24, 2.45) is 0 Å². The van der Waals surface area contributed by atoms with E-state index in [1.165, 1.54) is 0 Å². The molecular formula is C23H21BrN2O3. The number of nitrogens with one attached hydrogen (secondary N) is 2. The number of carbonyl (C=O) groups is 2. The minimum atomic E-state index is -0.343. The molecular weight excluding hydrogens is 432 g/mol. The molecule has 3 aromatic rings. The quantitative estimate of drug-likeness (QED) is 0.532. The fourth-order valence-electron chi connectivity index (χ4n) is 2.76. The third-order valence-electron chi connectivity index (χ3n) is 4.28. The predicted molar refractivity (Wildman–Crippen MR) is 117 cm³/mol. The Kier molecular flexibility index (Phi) is 7.03. The van der Waals surface area contributed by atoms with Crippen molar-refractivity contribution >= 4 is 33.4 Å². The zero-order valence-electron chi connectivity index (χ0n) is 15.9. The van der Waals surface area contributed by atoms with Gasteiger partial charge in [-0.3, -0.25) is 9.59 Å². The molecule has 148 valence electrons. The van der Waals surface area contributed by atoms with E-state index in [0.29, 0.717) is 17.0 Å². The van der Waals surface area contributed by atoms with E-state index in [1.54, 1.807) is 36.4 Å². The first-order valence-electron chi connectivity index (χ1n) is 9.16.